The molecule has 0 saturated carbocycles. The number of nitrogens with one attached hydrogen (secondary N) is 1. The van der Waals surface area contributed by atoms with Gasteiger partial charge in [-0.1, -0.05) is 42.5 Å². The molecule has 2 heterocycles. The Balaban J connectivity index is 1.31. The zero-order valence-electron chi connectivity index (χ0n) is 17.7. The number of morpholine rings is 1. The van der Waals surface area contributed by atoms with Crippen molar-refractivity contribution < 1.29 is 14.3 Å². The molecule has 1 atom stereocenters. The Bertz CT molecular complexity index is 887. The summed E-state index contributed by atoms with van der Waals surface area (Å²) in [6.07, 6.45) is 0.424. The van der Waals surface area contributed by atoms with Crippen molar-refractivity contribution in [2.45, 2.75) is 23.8 Å². The maximum atomic E-state index is 12.8. The summed E-state index contributed by atoms with van der Waals surface area (Å²) >= 11 is 1.77. The van der Waals surface area contributed by atoms with E-state index in [0.717, 1.165) is 29.4 Å². The summed E-state index contributed by atoms with van der Waals surface area (Å²) in [4.78, 5) is 30.7. The van der Waals surface area contributed by atoms with Gasteiger partial charge in [-0.15, -0.1) is 11.8 Å². The van der Waals surface area contributed by atoms with E-state index in [1.54, 1.807) is 11.8 Å². The highest BCUT2D eigenvalue weighted by molar-refractivity contribution is 7.99. The summed E-state index contributed by atoms with van der Waals surface area (Å²) in [5.41, 5.74) is 2.14. The zero-order valence-corrected chi connectivity index (χ0v) is 18.5. The predicted octanol–water partition coefficient (Wildman–Crippen LogP) is 3.10. The molecule has 2 aromatic carbocycles. The minimum atomic E-state index is -0.0813. The first-order valence-corrected chi connectivity index (χ1v) is 11.9. The van der Waals surface area contributed by atoms with E-state index in [1.165, 1.54) is 5.56 Å². The average Bonchev–Trinajstić information content (AvgIpc) is 2.83. The van der Waals surface area contributed by atoms with Crippen molar-refractivity contribution in [3.63, 3.8) is 0 Å². The number of hydrogen-bond acceptors (Lipinski definition) is 5. The van der Waals surface area contributed by atoms with Crippen molar-refractivity contribution in [1.82, 2.24) is 10.2 Å². The summed E-state index contributed by atoms with van der Waals surface area (Å²) in [5, 5.41) is 3.06. The lowest BCUT2D eigenvalue weighted by atomic mass is 10.0. The van der Waals surface area contributed by atoms with Crippen molar-refractivity contribution in [3.05, 3.63) is 60.2 Å². The quantitative estimate of drug-likeness (QED) is 0.718. The number of thioether (sulfide) groups is 1. The van der Waals surface area contributed by atoms with Crippen LogP contribution < -0.4 is 10.2 Å². The SMILES string of the molecule is O=C(CCC(=O)N1CCSc2ccccc21)NCC(c1ccccc1)N1CCOCC1. The summed E-state index contributed by atoms with van der Waals surface area (Å²) in [6.45, 7) is 4.33. The van der Waals surface area contributed by atoms with Crippen LogP contribution in [0.4, 0.5) is 5.69 Å². The second-order valence-electron chi connectivity index (χ2n) is 7.74. The lowest BCUT2D eigenvalue weighted by Crippen LogP contribution is -2.44. The van der Waals surface area contributed by atoms with Gasteiger partial charge in [-0.05, 0) is 17.7 Å². The third-order valence-corrected chi connectivity index (χ3v) is 6.80. The van der Waals surface area contributed by atoms with Gasteiger partial charge >= 0.3 is 0 Å². The summed E-state index contributed by atoms with van der Waals surface area (Å²) in [5.74, 6) is 0.811. The molecule has 0 radical (unpaired) electrons. The molecule has 1 saturated heterocycles. The lowest BCUT2D eigenvalue weighted by molar-refractivity contribution is -0.125. The molecule has 6 nitrogen and oxygen atoms in total. The molecule has 2 amide bonds. The summed E-state index contributed by atoms with van der Waals surface area (Å²) in [7, 11) is 0. The van der Waals surface area contributed by atoms with E-state index in [9.17, 15) is 9.59 Å². The number of ether oxygens (including phenoxy) is 1. The predicted molar refractivity (Wildman–Crippen MR) is 123 cm³/mol. The first kappa shape index (κ1) is 21.9. The van der Waals surface area contributed by atoms with Crippen LogP contribution >= 0.6 is 11.8 Å². The van der Waals surface area contributed by atoms with E-state index < -0.39 is 0 Å². The van der Waals surface area contributed by atoms with Gasteiger partial charge in [0.2, 0.25) is 11.8 Å². The minimum absolute atomic E-state index is 0.00990. The maximum Gasteiger partial charge on any atom is 0.227 e. The Labute approximate surface area is 187 Å². The molecule has 4 rings (SSSR count). The number of amides is 2. The number of para-hydroxylation sites is 1. The van der Waals surface area contributed by atoms with Crippen LogP contribution in [0.3, 0.4) is 0 Å². The van der Waals surface area contributed by atoms with Gasteiger partial charge in [0.1, 0.15) is 0 Å². The monoisotopic (exact) mass is 439 g/mol. The second-order valence-corrected chi connectivity index (χ2v) is 8.88. The van der Waals surface area contributed by atoms with Crippen molar-refractivity contribution in [2.24, 2.45) is 0 Å². The molecule has 31 heavy (non-hydrogen) atoms. The molecular formula is C24H29N3O3S. The van der Waals surface area contributed by atoms with Crippen molar-refractivity contribution >= 4 is 29.3 Å². The Kier molecular flexibility index (Phi) is 7.61. The number of anilines is 1. The fourth-order valence-electron chi connectivity index (χ4n) is 4.11. The largest absolute Gasteiger partial charge is 0.379 e. The van der Waals surface area contributed by atoms with Crippen molar-refractivity contribution in [1.29, 1.82) is 0 Å². The van der Waals surface area contributed by atoms with Crippen LogP contribution in [-0.2, 0) is 14.3 Å². The van der Waals surface area contributed by atoms with Gasteiger partial charge in [0, 0.05) is 49.7 Å². The topological polar surface area (TPSA) is 61.9 Å². The normalized spacial score (nSPS) is 17.6. The highest BCUT2D eigenvalue weighted by atomic mass is 32.2. The van der Waals surface area contributed by atoms with E-state index in [1.807, 2.05) is 47.4 Å². The van der Waals surface area contributed by atoms with Gasteiger partial charge in [-0.2, -0.15) is 0 Å². The second kappa shape index (κ2) is 10.8. The standard InChI is InChI=1S/C24H29N3O3S/c28-23(10-11-24(29)27-14-17-31-22-9-5-4-8-20(22)27)25-18-21(19-6-2-1-3-7-19)26-12-15-30-16-13-26/h1-9,21H,10-18H2,(H,25,28). The Hall–Kier alpha value is -2.35. The first-order valence-electron chi connectivity index (χ1n) is 10.9. The molecular weight excluding hydrogens is 410 g/mol. The van der Waals surface area contributed by atoms with Crippen molar-refractivity contribution in [2.75, 3.05) is 50.0 Å². The van der Waals surface area contributed by atoms with Crippen molar-refractivity contribution in [3.8, 4) is 0 Å². The third kappa shape index (κ3) is 5.67. The lowest BCUT2D eigenvalue weighted by Gasteiger charge is -2.35. The number of benzene rings is 2. The molecule has 0 bridgehead atoms. The molecule has 1 fully saturated rings. The van der Waals surface area contributed by atoms with E-state index in [0.29, 0.717) is 26.3 Å². The van der Waals surface area contributed by atoms with Gasteiger partial charge in [0.15, 0.2) is 0 Å². The molecule has 0 spiro atoms. The van der Waals surface area contributed by atoms with Gasteiger partial charge in [-0.3, -0.25) is 14.5 Å². The van der Waals surface area contributed by atoms with E-state index in [2.05, 4.69) is 22.3 Å². The minimum Gasteiger partial charge on any atom is -0.379 e. The summed E-state index contributed by atoms with van der Waals surface area (Å²) < 4.78 is 5.49. The van der Waals surface area contributed by atoms with E-state index in [-0.39, 0.29) is 30.7 Å². The van der Waals surface area contributed by atoms with Gasteiger partial charge < -0.3 is 15.0 Å². The van der Waals surface area contributed by atoms with Gasteiger partial charge in [0.25, 0.3) is 0 Å². The number of rotatable bonds is 7. The highest BCUT2D eigenvalue weighted by Gasteiger charge is 2.25. The molecule has 0 aromatic heterocycles. The van der Waals surface area contributed by atoms with E-state index >= 15 is 0 Å². The molecule has 1 N–H and O–H groups in total. The number of fused-ring (bicyclic) bond motifs is 1. The van der Waals surface area contributed by atoms with Gasteiger partial charge in [0.05, 0.1) is 24.9 Å². The maximum absolute atomic E-state index is 12.8. The average molecular weight is 440 g/mol. The molecule has 2 aliphatic heterocycles. The zero-order chi connectivity index (χ0) is 21.5. The molecule has 0 aliphatic carbocycles. The van der Waals surface area contributed by atoms with Crippen LogP contribution in [0, 0.1) is 0 Å². The van der Waals surface area contributed by atoms with Crippen LogP contribution in [0.5, 0.6) is 0 Å². The molecule has 2 aliphatic rings. The molecule has 7 heteroatoms. The fourth-order valence-corrected chi connectivity index (χ4v) is 5.10. The van der Waals surface area contributed by atoms with E-state index in [4.69, 9.17) is 4.74 Å². The first-order chi connectivity index (χ1) is 15.2. The van der Waals surface area contributed by atoms with Crippen LogP contribution in [0.2, 0.25) is 0 Å². The fraction of sp³-hybridized carbons (Fsp3) is 0.417. The summed E-state index contributed by atoms with van der Waals surface area (Å²) in [6, 6.07) is 18.3. The van der Waals surface area contributed by atoms with Gasteiger partial charge in [-0.25, -0.2) is 0 Å². The number of carbonyl (C=O) groups is 2. The highest BCUT2D eigenvalue weighted by Crippen LogP contribution is 2.34. The number of nitrogens with zero attached hydrogens (tertiary/aromatic N) is 2. The molecule has 2 aromatic rings. The Morgan fingerprint density at radius 3 is 2.52 bits per heavy atom. The molecule has 1 unspecified atom stereocenters. The van der Waals surface area contributed by atoms with Crippen LogP contribution in [0.15, 0.2) is 59.5 Å². The number of carbonyl (C=O) groups excluding carboxylic acids is 2. The Morgan fingerprint density at radius 1 is 0.968 bits per heavy atom. The molecule has 164 valence electrons. The number of hydrogen-bond donors (Lipinski definition) is 1. The smallest absolute Gasteiger partial charge is 0.227 e. The third-order valence-electron chi connectivity index (χ3n) is 5.76. The van der Waals surface area contributed by atoms with Crippen LogP contribution in [0.25, 0.3) is 0 Å². The van der Waals surface area contributed by atoms with Crippen LogP contribution in [-0.4, -0.2) is 61.9 Å². The van der Waals surface area contributed by atoms with Crippen LogP contribution in [0.1, 0.15) is 24.4 Å². The Morgan fingerprint density at radius 2 is 1.71 bits per heavy atom.